The lowest BCUT2D eigenvalue weighted by Gasteiger charge is -1.93. The second-order valence-corrected chi connectivity index (χ2v) is 2.77. The number of imidazole rings is 1. The van der Waals surface area contributed by atoms with Gasteiger partial charge in [-0.2, -0.15) is 0 Å². The highest BCUT2D eigenvalue weighted by Gasteiger charge is 1.98. The van der Waals surface area contributed by atoms with Crippen molar-refractivity contribution in [3.05, 3.63) is 29.9 Å². The van der Waals surface area contributed by atoms with Crippen LogP contribution in [-0.4, -0.2) is 21.0 Å². The molecule has 1 rings (SSSR count). The molecule has 0 saturated heterocycles. The van der Waals surface area contributed by atoms with Gasteiger partial charge in [0.1, 0.15) is 5.82 Å². The predicted molar refractivity (Wildman–Crippen MR) is 48.3 cm³/mol. The molecule has 0 aliphatic rings. The van der Waals surface area contributed by atoms with E-state index in [2.05, 4.69) is 9.97 Å². The summed E-state index contributed by atoms with van der Waals surface area (Å²) in [5.41, 5.74) is 0.381. The summed E-state index contributed by atoms with van der Waals surface area (Å²) in [6.07, 6.45) is 6.58. The van der Waals surface area contributed by atoms with Crippen LogP contribution < -0.4 is 0 Å². The monoisotopic (exact) mass is 180 g/mol. The molecule has 1 aromatic rings. The van der Waals surface area contributed by atoms with Crippen LogP contribution in [-0.2, 0) is 11.2 Å². The zero-order valence-electron chi connectivity index (χ0n) is 7.45. The highest BCUT2D eigenvalue weighted by molar-refractivity contribution is 5.85. The third kappa shape index (κ3) is 3.11. The van der Waals surface area contributed by atoms with Crippen LogP contribution in [0.25, 0.3) is 0 Å². The summed E-state index contributed by atoms with van der Waals surface area (Å²) in [6, 6.07) is 0. The zero-order valence-corrected chi connectivity index (χ0v) is 7.45. The van der Waals surface area contributed by atoms with Crippen molar-refractivity contribution < 1.29 is 9.90 Å². The SMILES string of the molecule is CC(=CCCc1ncc[nH]1)C(=O)O. The van der Waals surface area contributed by atoms with Crippen LogP contribution >= 0.6 is 0 Å². The molecule has 4 nitrogen and oxygen atoms in total. The normalized spacial score (nSPS) is 11.6. The first-order valence-electron chi connectivity index (χ1n) is 4.08. The number of nitrogens with one attached hydrogen (secondary N) is 1. The fraction of sp³-hybridized carbons (Fsp3) is 0.333. The minimum absolute atomic E-state index is 0.381. The molecule has 1 heterocycles. The number of aliphatic carboxylic acids is 1. The number of carboxylic acid groups (broad SMARTS) is 1. The van der Waals surface area contributed by atoms with E-state index in [1.165, 1.54) is 0 Å². The average Bonchev–Trinajstić information content (AvgIpc) is 2.56. The number of rotatable bonds is 4. The van der Waals surface area contributed by atoms with Gasteiger partial charge < -0.3 is 10.1 Å². The van der Waals surface area contributed by atoms with Crippen LogP contribution in [0.3, 0.4) is 0 Å². The largest absolute Gasteiger partial charge is 0.478 e. The Bertz CT molecular complexity index is 301. The molecule has 0 aliphatic carbocycles. The quantitative estimate of drug-likeness (QED) is 0.688. The predicted octanol–water partition coefficient (Wildman–Crippen LogP) is 1.37. The molecule has 70 valence electrons. The standard InChI is InChI=1S/C9H12N2O2/c1-7(9(12)13)3-2-4-8-10-5-6-11-8/h3,5-6H,2,4H2,1H3,(H,10,11)(H,12,13). The van der Waals surface area contributed by atoms with Crippen LogP contribution in [0.5, 0.6) is 0 Å². The second kappa shape index (κ2) is 4.45. The topological polar surface area (TPSA) is 66.0 Å². The number of H-pyrrole nitrogens is 1. The van der Waals surface area contributed by atoms with Gasteiger partial charge in [-0.05, 0) is 13.3 Å². The van der Waals surface area contributed by atoms with Crippen molar-refractivity contribution >= 4 is 5.97 Å². The van der Waals surface area contributed by atoms with Gasteiger partial charge in [0.05, 0.1) is 0 Å². The summed E-state index contributed by atoms with van der Waals surface area (Å²) in [7, 11) is 0. The van der Waals surface area contributed by atoms with E-state index in [9.17, 15) is 4.79 Å². The van der Waals surface area contributed by atoms with Crippen molar-refractivity contribution in [2.75, 3.05) is 0 Å². The summed E-state index contributed by atoms with van der Waals surface area (Å²) in [5, 5.41) is 8.55. The van der Waals surface area contributed by atoms with Crippen LogP contribution in [0.4, 0.5) is 0 Å². The van der Waals surface area contributed by atoms with Crippen LogP contribution in [0.1, 0.15) is 19.2 Å². The molecule has 0 saturated carbocycles. The Labute approximate surface area is 76.3 Å². The van der Waals surface area contributed by atoms with Crippen molar-refractivity contribution in [3.8, 4) is 0 Å². The molecule has 0 radical (unpaired) electrons. The van der Waals surface area contributed by atoms with E-state index in [0.717, 1.165) is 12.2 Å². The maximum absolute atomic E-state index is 10.4. The minimum atomic E-state index is -0.862. The summed E-state index contributed by atoms with van der Waals surface area (Å²) < 4.78 is 0. The molecule has 4 heteroatoms. The van der Waals surface area contributed by atoms with Gasteiger partial charge >= 0.3 is 5.97 Å². The zero-order chi connectivity index (χ0) is 9.68. The molecule has 0 spiro atoms. The number of hydrogen-bond donors (Lipinski definition) is 2. The second-order valence-electron chi connectivity index (χ2n) is 2.77. The van der Waals surface area contributed by atoms with Crippen LogP contribution in [0.15, 0.2) is 24.0 Å². The lowest BCUT2D eigenvalue weighted by Crippen LogP contribution is -1.96. The van der Waals surface area contributed by atoms with Gasteiger partial charge in [-0.25, -0.2) is 9.78 Å². The number of aromatic nitrogens is 2. The van der Waals surface area contributed by atoms with E-state index in [-0.39, 0.29) is 0 Å². The van der Waals surface area contributed by atoms with Crippen molar-refractivity contribution in [1.82, 2.24) is 9.97 Å². The number of carbonyl (C=O) groups is 1. The maximum atomic E-state index is 10.4. The Hall–Kier alpha value is -1.58. The van der Waals surface area contributed by atoms with Crippen molar-refractivity contribution in [2.24, 2.45) is 0 Å². The first-order chi connectivity index (χ1) is 6.20. The van der Waals surface area contributed by atoms with Crippen LogP contribution in [0.2, 0.25) is 0 Å². The molecule has 0 bridgehead atoms. The summed E-state index contributed by atoms with van der Waals surface area (Å²) in [6.45, 7) is 1.59. The lowest BCUT2D eigenvalue weighted by molar-refractivity contribution is -0.132. The van der Waals surface area contributed by atoms with Gasteiger partial charge in [0, 0.05) is 24.4 Å². The van der Waals surface area contributed by atoms with Gasteiger partial charge in [-0.3, -0.25) is 0 Å². The molecule has 13 heavy (non-hydrogen) atoms. The van der Waals surface area contributed by atoms with Gasteiger partial charge in [-0.1, -0.05) is 6.08 Å². The summed E-state index contributed by atoms with van der Waals surface area (Å²) in [4.78, 5) is 17.4. The van der Waals surface area contributed by atoms with Gasteiger partial charge in [-0.15, -0.1) is 0 Å². The van der Waals surface area contributed by atoms with E-state index in [4.69, 9.17) is 5.11 Å². The minimum Gasteiger partial charge on any atom is -0.478 e. The highest BCUT2D eigenvalue weighted by atomic mass is 16.4. The number of aromatic amines is 1. The summed E-state index contributed by atoms with van der Waals surface area (Å²) in [5.74, 6) is 0.0221. The van der Waals surface area contributed by atoms with Crippen molar-refractivity contribution in [1.29, 1.82) is 0 Å². The first-order valence-corrected chi connectivity index (χ1v) is 4.08. The smallest absolute Gasteiger partial charge is 0.330 e. The fourth-order valence-electron chi connectivity index (χ4n) is 0.947. The molecule has 0 fully saturated rings. The van der Waals surface area contributed by atoms with Gasteiger partial charge in [0.15, 0.2) is 0 Å². The Kier molecular flexibility index (Phi) is 3.25. The molecule has 2 N–H and O–H groups in total. The molecule has 1 aromatic heterocycles. The Balaban J connectivity index is 2.36. The van der Waals surface area contributed by atoms with E-state index in [1.54, 1.807) is 25.4 Å². The molecule has 0 atom stereocenters. The fourth-order valence-corrected chi connectivity index (χ4v) is 0.947. The summed E-state index contributed by atoms with van der Waals surface area (Å²) >= 11 is 0. The molecular formula is C9H12N2O2. The average molecular weight is 180 g/mol. The maximum Gasteiger partial charge on any atom is 0.330 e. The number of nitrogens with zero attached hydrogens (tertiary/aromatic N) is 1. The number of hydrogen-bond acceptors (Lipinski definition) is 2. The Morgan fingerprint density at radius 1 is 1.77 bits per heavy atom. The Morgan fingerprint density at radius 2 is 2.54 bits per heavy atom. The molecular weight excluding hydrogens is 168 g/mol. The number of allylic oxidation sites excluding steroid dienone is 1. The highest BCUT2D eigenvalue weighted by Crippen LogP contribution is 2.00. The number of carboxylic acids is 1. The molecule has 0 unspecified atom stereocenters. The lowest BCUT2D eigenvalue weighted by atomic mass is 10.2. The van der Waals surface area contributed by atoms with E-state index in [1.807, 2.05) is 0 Å². The third-order valence-corrected chi connectivity index (χ3v) is 1.72. The first kappa shape index (κ1) is 9.51. The molecule has 0 amide bonds. The van der Waals surface area contributed by atoms with Crippen molar-refractivity contribution in [2.45, 2.75) is 19.8 Å². The molecule has 0 aliphatic heterocycles. The molecule has 0 aromatic carbocycles. The Morgan fingerprint density at radius 3 is 3.08 bits per heavy atom. The van der Waals surface area contributed by atoms with E-state index < -0.39 is 5.97 Å². The van der Waals surface area contributed by atoms with E-state index in [0.29, 0.717) is 12.0 Å². The van der Waals surface area contributed by atoms with Gasteiger partial charge in [0.2, 0.25) is 0 Å². The van der Waals surface area contributed by atoms with Crippen molar-refractivity contribution in [3.63, 3.8) is 0 Å². The number of aryl methyl sites for hydroxylation is 1. The van der Waals surface area contributed by atoms with E-state index >= 15 is 0 Å². The van der Waals surface area contributed by atoms with Crippen LogP contribution in [0, 0.1) is 0 Å². The van der Waals surface area contributed by atoms with Gasteiger partial charge in [0.25, 0.3) is 0 Å². The third-order valence-electron chi connectivity index (χ3n) is 1.72.